The number of aliphatic hydroxyl groups is 1. The molecular formula is C58H100N3O12P. The second kappa shape index (κ2) is 34.3. The molecule has 4 aliphatic rings. The smallest absolute Gasteiger partial charge is 0.460 e. The fourth-order valence-electron chi connectivity index (χ4n) is 12.5. The third-order valence-corrected chi connectivity index (χ3v) is 18.2. The van der Waals surface area contributed by atoms with Gasteiger partial charge in [0.15, 0.2) is 0 Å². The molecule has 0 heterocycles. The van der Waals surface area contributed by atoms with Crippen LogP contribution >= 0.6 is 7.82 Å². The minimum absolute atomic E-state index is 0.0626. The molecule has 5 rings (SSSR count). The summed E-state index contributed by atoms with van der Waals surface area (Å²) in [5.41, 5.74) is 14.0. The number of carbonyl (C=O) groups excluding carboxylic acids is 3. The predicted octanol–water partition coefficient (Wildman–Crippen LogP) is 11.3. The molecule has 0 aromatic heterocycles. The van der Waals surface area contributed by atoms with Crippen LogP contribution in [0.15, 0.2) is 18.2 Å². The largest absolute Gasteiger partial charge is 0.530 e. The molecule has 6 N–H and O–H groups in total. The maximum absolute atomic E-state index is 14.3. The molecule has 3 fully saturated rings. The Morgan fingerprint density at radius 1 is 0.730 bits per heavy atom. The van der Waals surface area contributed by atoms with Gasteiger partial charge in [0.1, 0.15) is 24.4 Å². The van der Waals surface area contributed by atoms with Crippen LogP contribution in [0.3, 0.4) is 0 Å². The van der Waals surface area contributed by atoms with Gasteiger partial charge in [-0.05, 0) is 111 Å². The van der Waals surface area contributed by atoms with Crippen molar-refractivity contribution in [2.24, 2.45) is 34.6 Å². The Morgan fingerprint density at radius 2 is 1.34 bits per heavy atom. The maximum atomic E-state index is 14.3. The van der Waals surface area contributed by atoms with Crippen LogP contribution < -0.4 is 21.3 Å². The lowest BCUT2D eigenvalue weighted by molar-refractivity contribution is -0.166. The summed E-state index contributed by atoms with van der Waals surface area (Å²) in [7, 11) is -3.81. The molecule has 74 heavy (non-hydrogen) atoms. The Bertz CT molecular complexity index is 1790. The highest BCUT2D eigenvalue weighted by Crippen LogP contribution is 2.62. The topological polar surface area (TPSA) is 217 Å². The number of phosphoric ester groups is 1. The number of aliphatic hydroxyl groups excluding tert-OH is 1. The molecule has 1 aromatic rings. The Labute approximate surface area is 445 Å². The lowest BCUT2D eigenvalue weighted by Gasteiger charge is -2.50. The monoisotopic (exact) mass is 1060 g/mol. The zero-order valence-electron chi connectivity index (χ0n) is 46.1. The van der Waals surface area contributed by atoms with Gasteiger partial charge in [-0.15, -0.1) is 0 Å². The molecule has 16 heteroatoms. The molecule has 424 valence electrons. The zero-order valence-corrected chi connectivity index (χ0v) is 46.9. The van der Waals surface area contributed by atoms with Gasteiger partial charge in [-0.2, -0.15) is 0 Å². The first-order valence-electron chi connectivity index (χ1n) is 29.6. The van der Waals surface area contributed by atoms with Crippen LogP contribution in [0.1, 0.15) is 218 Å². The van der Waals surface area contributed by atoms with Gasteiger partial charge in [0.25, 0.3) is 0 Å². The van der Waals surface area contributed by atoms with Gasteiger partial charge < -0.3 is 45.4 Å². The van der Waals surface area contributed by atoms with E-state index < -0.39 is 43.9 Å². The standard InChI is InChI=1S/C58H100N3O12P/c1-4-6-8-10-12-14-16-18-20-22-36-70-74(66,71-37-23-21-19-17-15-13-11-9-7-5-2)73-45-25-27-46-44(42-45)24-26-48-47(46)32-34-58(3)49(48)28-31-52(58)69-38-33-53(62)61-35-39-67-40-41-68-43-54(63)72-51-30-29-50(59)56(64)55(51)57(60)65/h25,27,42,47-52,55-56,64H,4-24,26,28-41,43,59H2,1-3H3,(H2,60,65)(H,61,62). The van der Waals surface area contributed by atoms with Crippen molar-refractivity contribution in [3.05, 3.63) is 29.3 Å². The molecule has 0 bridgehead atoms. The quantitative estimate of drug-likeness (QED) is 0.0274. The number of fused-ring (bicyclic) bond motifs is 5. The van der Waals surface area contributed by atoms with E-state index in [4.69, 9.17) is 44.0 Å². The van der Waals surface area contributed by atoms with Gasteiger partial charge in [-0.1, -0.05) is 142 Å². The zero-order chi connectivity index (χ0) is 53.0. The summed E-state index contributed by atoms with van der Waals surface area (Å²) in [5, 5.41) is 13.1. The second-order valence-corrected chi connectivity index (χ2v) is 23.9. The van der Waals surface area contributed by atoms with Gasteiger partial charge in [0, 0.05) is 19.0 Å². The minimum atomic E-state index is -3.81. The van der Waals surface area contributed by atoms with Crippen molar-refractivity contribution >= 4 is 25.6 Å². The summed E-state index contributed by atoms with van der Waals surface area (Å²) in [6, 6.07) is 5.69. The number of amides is 2. The van der Waals surface area contributed by atoms with E-state index >= 15 is 0 Å². The van der Waals surface area contributed by atoms with E-state index in [2.05, 4.69) is 38.2 Å². The summed E-state index contributed by atoms with van der Waals surface area (Å²) in [6.07, 6.45) is 29.8. The normalized spacial score (nSPS) is 25.5. The van der Waals surface area contributed by atoms with Crippen molar-refractivity contribution in [3.63, 3.8) is 0 Å². The number of unbranched alkanes of at least 4 members (excludes halogenated alkanes) is 18. The average molecular weight is 1060 g/mol. The fraction of sp³-hybridized carbons (Fsp3) is 0.845. The van der Waals surface area contributed by atoms with E-state index in [9.17, 15) is 24.1 Å². The van der Waals surface area contributed by atoms with Crippen LogP contribution in [0, 0.1) is 23.2 Å². The first-order valence-corrected chi connectivity index (χ1v) is 31.0. The number of nitrogens with one attached hydrogen (secondary N) is 1. The van der Waals surface area contributed by atoms with E-state index in [1.165, 1.54) is 114 Å². The number of primary amides is 1. The number of phosphoric acid groups is 1. The van der Waals surface area contributed by atoms with Crippen molar-refractivity contribution in [2.45, 2.75) is 237 Å². The van der Waals surface area contributed by atoms with Crippen molar-refractivity contribution in [3.8, 4) is 5.75 Å². The summed E-state index contributed by atoms with van der Waals surface area (Å²) in [5.74, 6) is -0.434. The lowest BCUT2D eigenvalue weighted by Crippen LogP contribution is -2.55. The van der Waals surface area contributed by atoms with E-state index in [0.29, 0.717) is 62.7 Å². The molecule has 0 aliphatic heterocycles. The van der Waals surface area contributed by atoms with Crippen LogP contribution in [-0.2, 0) is 53.4 Å². The first kappa shape index (κ1) is 62.2. The number of ether oxygens (including phenoxy) is 4. The Balaban J connectivity index is 0.990. The van der Waals surface area contributed by atoms with Crippen LogP contribution in [0.2, 0.25) is 0 Å². The molecule has 0 radical (unpaired) electrons. The van der Waals surface area contributed by atoms with Crippen LogP contribution in [0.25, 0.3) is 0 Å². The van der Waals surface area contributed by atoms with E-state index in [1.54, 1.807) is 0 Å². The number of esters is 1. The molecule has 0 spiro atoms. The second-order valence-electron chi connectivity index (χ2n) is 22.3. The maximum Gasteiger partial charge on any atom is 0.530 e. The van der Waals surface area contributed by atoms with Crippen LogP contribution in [-0.4, -0.2) is 100 Å². The van der Waals surface area contributed by atoms with Gasteiger partial charge in [0.05, 0.1) is 51.8 Å². The molecule has 3 saturated carbocycles. The number of aryl methyl sites for hydroxylation is 1. The number of benzene rings is 1. The third kappa shape index (κ3) is 20.6. The number of nitrogens with two attached hydrogens (primary N) is 2. The van der Waals surface area contributed by atoms with Crippen LogP contribution in [0.4, 0.5) is 0 Å². The summed E-state index contributed by atoms with van der Waals surface area (Å²) < 4.78 is 55.4. The molecule has 9 unspecified atom stereocenters. The Kier molecular flexibility index (Phi) is 28.8. The summed E-state index contributed by atoms with van der Waals surface area (Å²) in [6.45, 7) is 8.65. The third-order valence-electron chi connectivity index (χ3n) is 16.7. The van der Waals surface area contributed by atoms with E-state index in [0.717, 1.165) is 64.2 Å². The van der Waals surface area contributed by atoms with Gasteiger partial charge in [-0.25, -0.2) is 9.36 Å². The molecule has 0 saturated heterocycles. The van der Waals surface area contributed by atoms with Gasteiger partial charge >= 0.3 is 13.8 Å². The fourth-order valence-corrected chi connectivity index (χ4v) is 13.7. The Hall–Kier alpha value is -2.62. The number of hydrogen-bond acceptors (Lipinski definition) is 13. The predicted molar refractivity (Wildman–Crippen MR) is 290 cm³/mol. The highest BCUT2D eigenvalue weighted by molar-refractivity contribution is 7.48. The van der Waals surface area contributed by atoms with Crippen LogP contribution in [0.5, 0.6) is 5.75 Å². The molecule has 1 aromatic carbocycles. The summed E-state index contributed by atoms with van der Waals surface area (Å²) >= 11 is 0. The first-order chi connectivity index (χ1) is 35.9. The van der Waals surface area contributed by atoms with E-state index in [1.807, 2.05) is 6.07 Å². The highest BCUT2D eigenvalue weighted by Gasteiger charge is 2.55. The van der Waals surface area contributed by atoms with Crippen molar-refractivity contribution in [2.75, 3.05) is 52.8 Å². The molecule has 2 amide bonds. The van der Waals surface area contributed by atoms with Gasteiger partial charge in [-0.3, -0.25) is 18.6 Å². The van der Waals surface area contributed by atoms with E-state index in [-0.39, 0.29) is 50.3 Å². The Morgan fingerprint density at radius 3 is 1.96 bits per heavy atom. The van der Waals surface area contributed by atoms with Gasteiger partial charge in [0.2, 0.25) is 11.8 Å². The number of rotatable bonds is 40. The molecule has 9 atom stereocenters. The number of hydrogen-bond donors (Lipinski definition) is 4. The SMILES string of the molecule is CCCCCCCCCCCCOP(=O)(OCCCCCCCCCCCC)Oc1ccc2c(c1)CCC1C2CCC2(C)C(OCCC(=O)NCCOCCOCC(=O)OC3CCC(N)C(O)C3C(N)=O)CCC12. The average Bonchev–Trinajstić information content (AvgIpc) is 3.72. The lowest BCUT2D eigenvalue weighted by atomic mass is 9.55. The highest BCUT2D eigenvalue weighted by atomic mass is 31.2. The molecular weight excluding hydrogens is 962 g/mol. The van der Waals surface area contributed by atoms with Crippen molar-refractivity contribution in [1.82, 2.24) is 5.32 Å². The minimum Gasteiger partial charge on any atom is -0.460 e. The molecule has 15 nitrogen and oxygen atoms in total. The summed E-state index contributed by atoms with van der Waals surface area (Å²) in [4.78, 5) is 36.8. The number of carbonyl (C=O) groups is 3. The molecule has 4 aliphatic carbocycles. The van der Waals surface area contributed by atoms with Crippen molar-refractivity contribution < 1.29 is 56.6 Å². The van der Waals surface area contributed by atoms with Crippen molar-refractivity contribution in [1.29, 1.82) is 0 Å².